The quantitative estimate of drug-likeness (QED) is 0.872. The number of alkyl halides is 3. The Balaban J connectivity index is 2.62. The van der Waals surface area contributed by atoms with E-state index in [0.717, 1.165) is 10.7 Å². The molecule has 0 spiro atoms. The van der Waals surface area contributed by atoms with Crippen molar-refractivity contribution in [3.8, 4) is 11.8 Å². The van der Waals surface area contributed by atoms with Crippen molar-refractivity contribution < 1.29 is 13.2 Å². The fourth-order valence-corrected chi connectivity index (χ4v) is 2.07. The molecule has 1 heterocycles. The number of nitrogen functional groups attached to an aromatic ring is 1. The van der Waals surface area contributed by atoms with Crippen molar-refractivity contribution >= 4 is 29.0 Å². The van der Waals surface area contributed by atoms with Crippen molar-refractivity contribution in [2.24, 2.45) is 0 Å². The first kappa shape index (κ1) is 14.5. The van der Waals surface area contributed by atoms with Crippen LogP contribution in [0.1, 0.15) is 11.3 Å². The number of aromatic nitrogens is 2. The van der Waals surface area contributed by atoms with E-state index >= 15 is 0 Å². The fraction of sp³-hybridized carbons (Fsp3) is 0.0909. The molecular weight excluding hydrogens is 316 g/mol. The molecule has 2 N–H and O–H groups in total. The van der Waals surface area contributed by atoms with Crippen molar-refractivity contribution in [2.45, 2.75) is 6.18 Å². The summed E-state index contributed by atoms with van der Waals surface area (Å²) in [7, 11) is 0. The summed E-state index contributed by atoms with van der Waals surface area (Å²) in [4.78, 5) is 0. The molecule has 9 heteroatoms. The minimum Gasteiger partial charge on any atom is -0.384 e. The van der Waals surface area contributed by atoms with Crippen LogP contribution in [0.15, 0.2) is 18.2 Å². The normalized spacial score (nSPS) is 11.4. The van der Waals surface area contributed by atoms with Crippen LogP contribution in [0.5, 0.6) is 0 Å². The third-order valence-corrected chi connectivity index (χ3v) is 3.04. The van der Waals surface area contributed by atoms with Gasteiger partial charge in [-0.05, 0) is 12.1 Å². The molecule has 0 aliphatic carbocycles. The highest BCUT2D eigenvalue weighted by atomic mass is 35.5. The molecule has 104 valence electrons. The molecule has 0 radical (unpaired) electrons. The Morgan fingerprint density at radius 2 is 1.85 bits per heavy atom. The Morgan fingerprint density at radius 1 is 1.20 bits per heavy atom. The molecule has 0 fully saturated rings. The van der Waals surface area contributed by atoms with Crippen LogP contribution in [0, 0.1) is 11.3 Å². The molecule has 0 aliphatic rings. The molecule has 2 aromatic rings. The molecule has 0 amide bonds. The SMILES string of the molecule is N#Cc1cc(N)n(-c2cc(Cl)c(C(F)(F)F)cc2Cl)n1. The summed E-state index contributed by atoms with van der Waals surface area (Å²) in [6.07, 6.45) is -4.62. The lowest BCUT2D eigenvalue weighted by Crippen LogP contribution is -2.08. The zero-order valence-corrected chi connectivity index (χ0v) is 11.1. The van der Waals surface area contributed by atoms with Crippen molar-refractivity contribution in [3.63, 3.8) is 0 Å². The summed E-state index contributed by atoms with van der Waals surface area (Å²) in [5.41, 5.74) is 4.63. The van der Waals surface area contributed by atoms with E-state index in [-0.39, 0.29) is 22.2 Å². The van der Waals surface area contributed by atoms with E-state index in [2.05, 4.69) is 5.10 Å². The van der Waals surface area contributed by atoms with Crippen LogP contribution in [0.4, 0.5) is 19.0 Å². The van der Waals surface area contributed by atoms with Gasteiger partial charge in [0, 0.05) is 6.07 Å². The third-order valence-electron chi connectivity index (χ3n) is 2.42. The summed E-state index contributed by atoms with van der Waals surface area (Å²) < 4.78 is 39.1. The molecular formula is C11H5Cl2F3N4. The lowest BCUT2D eigenvalue weighted by atomic mass is 10.2. The number of benzene rings is 1. The van der Waals surface area contributed by atoms with E-state index < -0.39 is 16.8 Å². The highest BCUT2D eigenvalue weighted by molar-refractivity contribution is 6.35. The van der Waals surface area contributed by atoms with E-state index in [4.69, 9.17) is 34.2 Å². The van der Waals surface area contributed by atoms with Gasteiger partial charge in [0.2, 0.25) is 0 Å². The van der Waals surface area contributed by atoms with E-state index in [1.165, 1.54) is 6.07 Å². The second-order valence-electron chi connectivity index (χ2n) is 3.76. The standard InChI is InChI=1S/C11H5Cl2F3N4/c12-7-3-9(8(13)2-6(7)11(14,15)16)20-10(18)1-5(4-17)19-20/h1-3H,18H2. The van der Waals surface area contributed by atoms with Crippen LogP contribution in [0.2, 0.25) is 10.0 Å². The van der Waals surface area contributed by atoms with Crippen molar-refractivity contribution in [1.82, 2.24) is 9.78 Å². The average molecular weight is 321 g/mol. The number of rotatable bonds is 1. The highest BCUT2D eigenvalue weighted by Gasteiger charge is 2.34. The van der Waals surface area contributed by atoms with Crippen LogP contribution in [-0.2, 0) is 6.18 Å². The van der Waals surface area contributed by atoms with Crippen LogP contribution in [0.3, 0.4) is 0 Å². The van der Waals surface area contributed by atoms with Gasteiger partial charge in [-0.1, -0.05) is 23.2 Å². The fourth-order valence-electron chi connectivity index (χ4n) is 1.56. The van der Waals surface area contributed by atoms with E-state index in [1.807, 2.05) is 0 Å². The maximum atomic E-state index is 12.7. The van der Waals surface area contributed by atoms with Crippen molar-refractivity contribution in [2.75, 3.05) is 5.73 Å². The first-order valence-electron chi connectivity index (χ1n) is 5.06. The molecule has 1 aromatic carbocycles. The number of halogens is 5. The van der Waals surface area contributed by atoms with Gasteiger partial charge in [0.15, 0.2) is 5.69 Å². The van der Waals surface area contributed by atoms with Gasteiger partial charge < -0.3 is 5.73 Å². The monoisotopic (exact) mass is 320 g/mol. The Hall–Kier alpha value is -1.91. The smallest absolute Gasteiger partial charge is 0.384 e. The predicted octanol–water partition coefficient (Wildman–Crippen LogP) is 3.65. The van der Waals surface area contributed by atoms with Gasteiger partial charge in [-0.2, -0.15) is 23.5 Å². The van der Waals surface area contributed by atoms with Crippen LogP contribution >= 0.6 is 23.2 Å². The Bertz CT molecular complexity index is 716. The van der Waals surface area contributed by atoms with E-state index in [1.54, 1.807) is 6.07 Å². The van der Waals surface area contributed by atoms with Crippen molar-refractivity contribution in [3.05, 3.63) is 39.5 Å². The maximum Gasteiger partial charge on any atom is 0.417 e. The van der Waals surface area contributed by atoms with E-state index in [0.29, 0.717) is 6.07 Å². The lowest BCUT2D eigenvalue weighted by molar-refractivity contribution is -0.137. The molecule has 0 unspecified atom stereocenters. The largest absolute Gasteiger partial charge is 0.417 e. The van der Waals surface area contributed by atoms with Gasteiger partial charge >= 0.3 is 6.18 Å². The zero-order chi connectivity index (χ0) is 15.1. The summed E-state index contributed by atoms with van der Waals surface area (Å²) in [5.74, 6) is 0.0549. The summed E-state index contributed by atoms with van der Waals surface area (Å²) in [6.45, 7) is 0. The Kier molecular flexibility index (Phi) is 3.54. The zero-order valence-electron chi connectivity index (χ0n) is 9.54. The summed E-state index contributed by atoms with van der Waals surface area (Å²) in [5, 5.41) is 11.7. The number of nitrogens with two attached hydrogens (primary N) is 1. The van der Waals surface area contributed by atoms with Crippen molar-refractivity contribution in [1.29, 1.82) is 5.26 Å². The molecule has 2 rings (SSSR count). The van der Waals surface area contributed by atoms with Crippen LogP contribution < -0.4 is 5.73 Å². The van der Waals surface area contributed by atoms with Gasteiger partial charge in [-0.25, -0.2) is 4.68 Å². The molecule has 4 nitrogen and oxygen atoms in total. The number of nitriles is 1. The van der Waals surface area contributed by atoms with Gasteiger partial charge in [-0.3, -0.25) is 0 Å². The minimum absolute atomic E-state index is 0.00888. The second-order valence-corrected chi connectivity index (χ2v) is 4.57. The lowest BCUT2D eigenvalue weighted by Gasteiger charge is -2.13. The van der Waals surface area contributed by atoms with E-state index in [9.17, 15) is 13.2 Å². The topological polar surface area (TPSA) is 67.6 Å². The maximum absolute atomic E-state index is 12.7. The molecule has 0 aliphatic heterocycles. The van der Waals surface area contributed by atoms with Gasteiger partial charge in [0.05, 0.1) is 21.3 Å². The van der Waals surface area contributed by atoms with Crippen LogP contribution in [0.25, 0.3) is 5.69 Å². The summed E-state index contributed by atoms with van der Waals surface area (Å²) in [6, 6.07) is 4.71. The number of hydrogen-bond acceptors (Lipinski definition) is 3. The minimum atomic E-state index is -4.62. The van der Waals surface area contributed by atoms with Gasteiger partial charge in [-0.15, -0.1) is 0 Å². The van der Waals surface area contributed by atoms with Gasteiger partial charge in [0.25, 0.3) is 0 Å². The number of anilines is 1. The number of nitrogens with zero attached hydrogens (tertiary/aromatic N) is 3. The average Bonchev–Trinajstić information content (AvgIpc) is 2.71. The Morgan fingerprint density at radius 3 is 2.35 bits per heavy atom. The van der Waals surface area contributed by atoms with Gasteiger partial charge in [0.1, 0.15) is 11.9 Å². The Labute approximate surface area is 121 Å². The number of hydrogen-bond donors (Lipinski definition) is 1. The molecule has 0 saturated carbocycles. The molecule has 1 aromatic heterocycles. The first-order valence-corrected chi connectivity index (χ1v) is 5.82. The molecule has 0 saturated heterocycles. The molecule has 0 atom stereocenters. The highest BCUT2D eigenvalue weighted by Crippen LogP contribution is 2.38. The first-order chi connectivity index (χ1) is 9.24. The predicted molar refractivity (Wildman–Crippen MR) is 67.7 cm³/mol. The summed E-state index contributed by atoms with van der Waals surface area (Å²) >= 11 is 11.4. The molecule has 0 bridgehead atoms. The third kappa shape index (κ3) is 2.53. The molecule has 20 heavy (non-hydrogen) atoms. The second kappa shape index (κ2) is 4.89. The van der Waals surface area contributed by atoms with Crippen LogP contribution in [-0.4, -0.2) is 9.78 Å².